The Hall–Kier alpha value is -2.93. The average molecular weight is 324 g/mol. The molecule has 0 spiro atoms. The summed E-state index contributed by atoms with van der Waals surface area (Å²) in [4.78, 5) is 0.727. The summed E-state index contributed by atoms with van der Waals surface area (Å²) in [6.07, 6.45) is 5.40. The van der Waals surface area contributed by atoms with Gasteiger partial charge in [-0.15, -0.1) is 10.2 Å². The fourth-order valence-corrected chi connectivity index (χ4v) is 2.98. The molecule has 6 nitrogen and oxygen atoms in total. The molecule has 0 aliphatic rings. The van der Waals surface area contributed by atoms with Crippen LogP contribution in [0.2, 0.25) is 0 Å². The Labute approximate surface area is 135 Å². The van der Waals surface area contributed by atoms with Gasteiger partial charge in [0, 0.05) is 0 Å². The first-order valence-corrected chi connectivity index (χ1v) is 7.74. The first-order valence-electron chi connectivity index (χ1n) is 6.92. The molecule has 0 radical (unpaired) electrons. The minimum atomic E-state index is 0.659. The third-order valence-electron chi connectivity index (χ3n) is 3.29. The summed E-state index contributed by atoms with van der Waals surface area (Å²) in [5.74, 6) is 2.18. The van der Waals surface area contributed by atoms with E-state index in [0.717, 1.165) is 27.0 Å². The highest BCUT2D eigenvalue weighted by molar-refractivity contribution is 7.17. The lowest BCUT2D eigenvalue weighted by molar-refractivity contribution is 0.416. The maximum Gasteiger partial charge on any atom is 0.235 e. The lowest BCUT2D eigenvalue weighted by Gasteiger charge is -2.04. The lowest BCUT2D eigenvalue weighted by atomic mass is 10.2. The number of benzene rings is 1. The number of hydrogen-bond acceptors (Lipinski definition) is 6. The molecule has 0 fully saturated rings. The fraction of sp³-hybridized carbons (Fsp3) is 0.0625. The van der Waals surface area contributed by atoms with Gasteiger partial charge >= 0.3 is 0 Å². The zero-order chi connectivity index (χ0) is 15.6. The number of methoxy groups -OCH3 is 1. The van der Waals surface area contributed by atoms with Crippen LogP contribution >= 0.6 is 11.3 Å². The van der Waals surface area contributed by atoms with E-state index in [1.807, 2.05) is 48.6 Å². The molecule has 0 saturated carbocycles. The van der Waals surface area contributed by atoms with Gasteiger partial charge < -0.3 is 9.15 Å². The van der Waals surface area contributed by atoms with E-state index in [2.05, 4.69) is 15.3 Å². The maximum atomic E-state index is 5.39. The second-order valence-corrected chi connectivity index (χ2v) is 5.69. The Bertz CT molecular complexity index is 969. The van der Waals surface area contributed by atoms with E-state index in [9.17, 15) is 0 Å². The number of nitrogens with zero attached hydrogens (tertiary/aromatic N) is 4. The molecule has 0 aliphatic carbocycles. The largest absolute Gasteiger partial charge is 0.496 e. The predicted molar refractivity (Wildman–Crippen MR) is 88.3 cm³/mol. The number of ether oxygens (including phenoxy) is 1. The van der Waals surface area contributed by atoms with E-state index in [-0.39, 0.29) is 0 Å². The van der Waals surface area contributed by atoms with E-state index in [1.165, 1.54) is 11.3 Å². The number of aromatic nitrogens is 4. The minimum absolute atomic E-state index is 0.659. The lowest BCUT2D eigenvalue weighted by Crippen LogP contribution is -1.94. The molecule has 0 aliphatic heterocycles. The van der Waals surface area contributed by atoms with Crippen LogP contribution < -0.4 is 4.74 Å². The summed E-state index contributed by atoms with van der Waals surface area (Å²) >= 11 is 1.46. The minimum Gasteiger partial charge on any atom is -0.496 e. The van der Waals surface area contributed by atoms with Gasteiger partial charge in [-0.2, -0.15) is 9.61 Å². The van der Waals surface area contributed by atoms with Gasteiger partial charge in [0.05, 0.1) is 18.9 Å². The maximum absolute atomic E-state index is 5.39. The van der Waals surface area contributed by atoms with Crippen LogP contribution in [0.3, 0.4) is 0 Å². The second kappa shape index (κ2) is 5.69. The summed E-state index contributed by atoms with van der Waals surface area (Å²) in [7, 11) is 1.63. The Morgan fingerprint density at radius 1 is 1.13 bits per heavy atom. The van der Waals surface area contributed by atoms with Crippen LogP contribution in [-0.2, 0) is 0 Å². The van der Waals surface area contributed by atoms with Crippen molar-refractivity contribution in [1.82, 2.24) is 19.8 Å². The van der Waals surface area contributed by atoms with Gasteiger partial charge in [0.15, 0.2) is 5.82 Å². The molecule has 1 aromatic carbocycles. The molecule has 0 amide bonds. The summed E-state index contributed by atoms with van der Waals surface area (Å²) in [5.41, 5.74) is 0.856. The molecular weight excluding hydrogens is 312 g/mol. The Morgan fingerprint density at radius 3 is 2.87 bits per heavy atom. The molecule has 114 valence electrons. The van der Waals surface area contributed by atoms with Crippen molar-refractivity contribution in [1.29, 1.82) is 0 Å². The van der Waals surface area contributed by atoms with Crippen molar-refractivity contribution < 1.29 is 9.15 Å². The van der Waals surface area contributed by atoms with Crippen LogP contribution in [0.4, 0.5) is 0 Å². The molecule has 0 N–H and O–H groups in total. The highest BCUT2D eigenvalue weighted by Gasteiger charge is 2.15. The van der Waals surface area contributed by atoms with E-state index in [0.29, 0.717) is 5.82 Å². The molecule has 4 rings (SSSR count). The average Bonchev–Trinajstić information content (AvgIpc) is 3.29. The van der Waals surface area contributed by atoms with Crippen molar-refractivity contribution in [3.8, 4) is 17.1 Å². The molecule has 7 heteroatoms. The van der Waals surface area contributed by atoms with Gasteiger partial charge in [0.25, 0.3) is 0 Å². The van der Waals surface area contributed by atoms with Gasteiger partial charge in [0.2, 0.25) is 4.96 Å². The number of rotatable bonds is 4. The van der Waals surface area contributed by atoms with Crippen molar-refractivity contribution in [3.05, 3.63) is 53.4 Å². The standard InChI is InChI=1S/C16H12N4O2S/c1-21-13-7-3-2-6-12(13)15-17-18-16-20(15)19-14(23-16)9-8-11-5-4-10-22-11/h2-10H,1H3. The summed E-state index contributed by atoms with van der Waals surface area (Å²) < 4.78 is 12.4. The second-order valence-electron chi connectivity index (χ2n) is 4.71. The van der Waals surface area contributed by atoms with Crippen molar-refractivity contribution in [3.63, 3.8) is 0 Å². The molecule has 3 heterocycles. The molecule has 3 aromatic heterocycles. The smallest absolute Gasteiger partial charge is 0.235 e. The van der Waals surface area contributed by atoms with E-state index >= 15 is 0 Å². The third kappa shape index (κ3) is 2.51. The molecule has 4 aromatic rings. The third-order valence-corrected chi connectivity index (χ3v) is 4.15. The van der Waals surface area contributed by atoms with Gasteiger partial charge in [-0.1, -0.05) is 23.5 Å². The van der Waals surface area contributed by atoms with Gasteiger partial charge in [-0.3, -0.25) is 0 Å². The molecule has 0 atom stereocenters. The van der Waals surface area contributed by atoms with Crippen molar-refractivity contribution in [2.24, 2.45) is 0 Å². The molecule has 0 unspecified atom stereocenters. The Kier molecular flexibility index (Phi) is 3.39. The topological polar surface area (TPSA) is 65.5 Å². The van der Waals surface area contributed by atoms with Crippen LogP contribution in [-0.4, -0.2) is 26.9 Å². The van der Waals surface area contributed by atoms with Crippen molar-refractivity contribution in [2.75, 3.05) is 7.11 Å². The summed E-state index contributed by atoms with van der Waals surface area (Å²) in [5, 5.41) is 13.8. The van der Waals surface area contributed by atoms with Gasteiger partial charge in [0.1, 0.15) is 16.5 Å². The molecule has 0 saturated heterocycles. The van der Waals surface area contributed by atoms with Gasteiger partial charge in [-0.05, 0) is 36.4 Å². The van der Waals surface area contributed by atoms with E-state index in [1.54, 1.807) is 17.9 Å². The van der Waals surface area contributed by atoms with Crippen LogP contribution in [0.5, 0.6) is 5.75 Å². The highest BCUT2D eigenvalue weighted by Crippen LogP contribution is 2.29. The number of fused-ring (bicyclic) bond motifs is 1. The fourth-order valence-electron chi connectivity index (χ4n) is 2.24. The Balaban J connectivity index is 1.75. The zero-order valence-corrected chi connectivity index (χ0v) is 13.0. The van der Waals surface area contributed by atoms with Crippen molar-refractivity contribution >= 4 is 28.4 Å². The first kappa shape index (κ1) is 13.7. The van der Waals surface area contributed by atoms with E-state index < -0.39 is 0 Å². The number of hydrogen-bond donors (Lipinski definition) is 0. The number of para-hydroxylation sites is 1. The first-order chi connectivity index (χ1) is 11.3. The summed E-state index contributed by atoms with van der Waals surface area (Å²) in [6, 6.07) is 11.4. The summed E-state index contributed by atoms with van der Waals surface area (Å²) in [6.45, 7) is 0. The zero-order valence-electron chi connectivity index (χ0n) is 12.2. The predicted octanol–water partition coefficient (Wildman–Crippen LogP) is 3.62. The number of furan rings is 1. The quantitative estimate of drug-likeness (QED) is 0.573. The van der Waals surface area contributed by atoms with Crippen LogP contribution in [0.1, 0.15) is 10.8 Å². The molecule has 23 heavy (non-hydrogen) atoms. The highest BCUT2D eigenvalue weighted by atomic mass is 32.1. The van der Waals surface area contributed by atoms with Crippen LogP contribution in [0.15, 0.2) is 47.1 Å². The van der Waals surface area contributed by atoms with Crippen LogP contribution in [0.25, 0.3) is 28.5 Å². The molecular formula is C16H12N4O2S. The SMILES string of the molecule is COc1ccccc1-c1nnc2sc(C=Cc3ccco3)nn12. The Morgan fingerprint density at radius 2 is 2.04 bits per heavy atom. The van der Waals surface area contributed by atoms with E-state index in [4.69, 9.17) is 9.15 Å². The van der Waals surface area contributed by atoms with Gasteiger partial charge in [-0.25, -0.2) is 0 Å². The molecule has 0 bridgehead atoms. The monoisotopic (exact) mass is 324 g/mol. The van der Waals surface area contributed by atoms with Crippen molar-refractivity contribution in [2.45, 2.75) is 0 Å². The van der Waals surface area contributed by atoms with Crippen LogP contribution in [0, 0.1) is 0 Å². The normalized spacial score (nSPS) is 11.5.